The third kappa shape index (κ3) is 11.8. The Bertz CT molecular complexity index is 171. The molecule has 96 valence electrons. The van der Waals surface area contributed by atoms with Crippen molar-refractivity contribution in [1.29, 1.82) is 0 Å². The number of rotatable bonds is 10. The van der Waals surface area contributed by atoms with Crippen LogP contribution in [-0.2, 0) is 4.79 Å². The van der Waals surface area contributed by atoms with Gasteiger partial charge in [-0.3, -0.25) is 4.79 Å². The molecule has 0 rings (SSSR count). The highest BCUT2D eigenvalue weighted by atomic mass is 35.5. The van der Waals surface area contributed by atoms with E-state index < -0.39 is 0 Å². The van der Waals surface area contributed by atoms with E-state index in [1.165, 1.54) is 38.5 Å². The smallest absolute Gasteiger partial charge is 0.220 e. The van der Waals surface area contributed by atoms with Crippen molar-refractivity contribution in [2.45, 2.75) is 70.6 Å². The minimum Gasteiger partial charge on any atom is -0.355 e. The van der Waals surface area contributed by atoms with Gasteiger partial charge in [0.2, 0.25) is 5.91 Å². The predicted molar refractivity (Wildman–Crippen MR) is 70.9 cm³/mol. The van der Waals surface area contributed by atoms with Gasteiger partial charge in [-0.2, -0.15) is 0 Å². The second-order valence-electron chi connectivity index (χ2n) is 4.46. The lowest BCUT2D eigenvalue weighted by Crippen LogP contribution is -2.28. The maximum Gasteiger partial charge on any atom is 0.220 e. The van der Waals surface area contributed by atoms with Crippen LogP contribution in [0.15, 0.2) is 0 Å². The number of hydrogen-bond donors (Lipinski definition) is 1. The van der Waals surface area contributed by atoms with Crippen molar-refractivity contribution in [2.24, 2.45) is 0 Å². The summed E-state index contributed by atoms with van der Waals surface area (Å²) in [5, 5.41) is 2.85. The normalized spacial score (nSPS) is 12.4. The Kier molecular flexibility index (Phi) is 11.1. The van der Waals surface area contributed by atoms with Crippen molar-refractivity contribution in [2.75, 3.05) is 6.54 Å². The zero-order valence-corrected chi connectivity index (χ0v) is 11.5. The molecule has 0 fully saturated rings. The first-order valence-corrected chi connectivity index (χ1v) is 7.01. The van der Waals surface area contributed by atoms with Gasteiger partial charge in [-0.15, -0.1) is 11.6 Å². The van der Waals surface area contributed by atoms with Gasteiger partial charge in [0.1, 0.15) is 0 Å². The van der Waals surface area contributed by atoms with Crippen LogP contribution in [0.4, 0.5) is 0 Å². The highest BCUT2D eigenvalue weighted by molar-refractivity contribution is 6.20. The monoisotopic (exact) mass is 247 g/mol. The van der Waals surface area contributed by atoms with E-state index in [4.69, 9.17) is 11.6 Å². The predicted octanol–water partition coefficient (Wildman–Crippen LogP) is 3.87. The Hall–Kier alpha value is -0.240. The first kappa shape index (κ1) is 15.8. The molecule has 1 atom stereocenters. The van der Waals surface area contributed by atoms with Gasteiger partial charge in [0, 0.05) is 18.3 Å². The topological polar surface area (TPSA) is 29.1 Å². The number of hydrogen-bond acceptors (Lipinski definition) is 1. The van der Waals surface area contributed by atoms with Crippen LogP contribution >= 0.6 is 11.6 Å². The Labute approximate surface area is 105 Å². The van der Waals surface area contributed by atoms with Crippen molar-refractivity contribution in [3.05, 3.63) is 0 Å². The average molecular weight is 248 g/mol. The molecule has 0 aliphatic carbocycles. The molecule has 0 saturated carbocycles. The summed E-state index contributed by atoms with van der Waals surface area (Å²) >= 11 is 5.74. The van der Waals surface area contributed by atoms with Crippen LogP contribution in [0.5, 0.6) is 0 Å². The molecular formula is C13H26ClNO. The Morgan fingerprint density at radius 2 is 1.69 bits per heavy atom. The van der Waals surface area contributed by atoms with E-state index in [9.17, 15) is 4.79 Å². The van der Waals surface area contributed by atoms with Gasteiger partial charge < -0.3 is 5.32 Å². The largest absolute Gasteiger partial charge is 0.355 e. The van der Waals surface area contributed by atoms with E-state index in [-0.39, 0.29) is 11.3 Å². The molecule has 0 aromatic carbocycles. The van der Waals surface area contributed by atoms with Crippen molar-refractivity contribution in [3.8, 4) is 0 Å². The number of carbonyl (C=O) groups is 1. The van der Waals surface area contributed by atoms with Crippen LogP contribution in [0.1, 0.15) is 65.2 Å². The Balaban J connectivity index is 3.15. The van der Waals surface area contributed by atoms with E-state index in [0.717, 1.165) is 6.42 Å². The standard InChI is InChI=1S/C13H26ClNO/c1-3-4-5-6-7-8-9-10-13(16)15-11-12(2)14/h12H,3-11H2,1-2H3,(H,15,16). The number of alkyl halides is 1. The third-order valence-corrected chi connectivity index (χ3v) is 2.74. The lowest BCUT2D eigenvalue weighted by atomic mass is 10.1. The van der Waals surface area contributed by atoms with Gasteiger partial charge in [0.25, 0.3) is 0 Å². The maximum absolute atomic E-state index is 11.3. The average Bonchev–Trinajstić information content (AvgIpc) is 2.25. The van der Waals surface area contributed by atoms with Gasteiger partial charge in [-0.05, 0) is 13.3 Å². The highest BCUT2D eigenvalue weighted by Gasteiger charge is 2.02. The molecule has 1 N–H and O–H groups in total. The molecule has 0 aliphatic rings. The van der Waals surface area contributed by atoms with Gasteiger partial charge in [0.15, 0.2) is 0 Å². The molecule has 1 unspecified atom stereocenters. The summed E-state index contributed by atoms with van der Waals surface area (Å²) < 4.78 is 0. The fraction of sp³-hybridized carbons (Fsp3) is 0.923. The van der Waals surface area contributed by atoms with Gasteiger partial charge in [0.05, 0.1) is 0 Å². The van der Waals surface area contributed by atoms with Crippen molar-refractivity contribution >= 4 is 17.5 Å². The molecule has 0 aromatic rings. The van der Waals surface area contributed by atoms with E-state index in [1.807, 2.05) is 6.92 Å². The van der Waals surface area contributed by atoms with Crippen molar-refractivity contribution in [3.63, 3.8) is 0 Å². The van der Waals surface area contributed by atoms with E-state index in [1.54, 1.807) is 0 Å². The molecule has 0 saturated heterocycles. The molecule has 3 heteroatoms. The second kappa shape index (κ2) is 11.3. The molecule has 0 heterocycles. The van der Waals surface area contributed by atoms with Crippen LogP contribution in [-0.4, -0.2) is 17.8 Å². The molecule has 0 bridgehead atoms. The number of amides is 1. The molecule has 0 spiro atoms. The second-order valence-corrected chi connectivity index (χ2v) is 5.20. The van der Waals surface area contributed by atoms with Crippen LogP contribution in [0, 0.1) is 0 Å². The Morgan fingerprint density at radius 1 is 1.12 bits per heavy atom. The summed E-state index contributed by atoms with van der Waals surface area (Å²) in [6.07, 6.45) is 9.38. The van der Waals surface area contributed by atoms with E-state index in [0.29, 0.717) is 13.0 Å². The highest BCUT2D eigenvalue weighted by Crippen LogP contribution is 2.08. The molecule has 0 radical (unpaired) electrons. The zero-order valence-electron chi connectivity index (χ0n) is 10.7. The molecule has 0 aliphatic heterocycles. The summed E-state index contributed by atoms with van der Waals surface area (Å²) in [5.74, 6) is 0.140. The molecule has 0 aromatic heterocycles. The van der Waals surface area contributed by atoms with Crippen LogP contribution in [0.2, 0.25) is 0 Å². The summed E-state index contributed by atoms with van der Waals surface area (Å²) in [6.45, 7) is 4.69. The molecule has 2 nitrogen and oxygen atoms in total. The molecular weight excluding hydrogens is 222 g/mol. The fourth-order valence-corrected chi connectivity index (χ4v) is 1.66. The summed E-state index contributed by atoms with van der Waals surface area (Å²) in [6, 6.07) is 0. The zero-order chi connectivity index (χ0) is 12.2. The Morgan fingerprint density at radius 3 is 2.25 bits per heavy atom. The fourth-order valence-electron chi connectivity index (χ4n) is 1.59. The summed E-state index contributed by atoms with van der Waals surface area (Å²) in [4.78, 5) is 11.3. The van der Waals surface area contributed by atoms with Crippen molar-refractivity contribution < 1.29 is 4.79 Å². The number of carbonyl (C=O) groups excluding carboxylic acids is 1. The minimum atomic E-state index is 0.0259. The number of halogens is 1. The van der Waals surface area contributed by atoms with Crippen LogP contribution in [0.25, 0.3) is 0 Å². The number of unbranched alkanes of at least 4 members (excludes halogenated alkanes) is 6. The third-order valence-electron chi connectivity index (χ3n) is 2.59. The van der Waals surface area contributed by atoms with Crippen LogP contribution in [0.3, 0.4) is 0 Å². The lowest BCUT2D eigenvalue weighted by molar-refractivity contribution is -0.121. The number of nitrogens with one attached hydrogen (secondary N) is 1. The van der Waals surface area contributed by atoms with Gasteiger partial charge >= 0.3 is 0 Å². The maximum atomic E-state index is 11.3. The summed E-state index contributed by atoms with van der Waals surface area (Å²) in [5.41, 5.74) is 0. The summed E-state index contributed by atoms with van der Waals surface area (Å²) in [7, 11) is 0. The van der Waals surface area contributed by atoms with E-state index in [2.05, 4.69) is 12.2 Å². The molecule has 1 amide bonds. The van der Waals surface area contributed by atoms with Crippen molar-refractivity contribution in [1.82, 2.24) is 5.32 Å². The minimum absolute atomic E-state index is 0.0259. The first-order chi connectivity index (χ1) is 7.66. The van der Waals surface area contributed by atoms with Gasteiger partial charge in [-0.25, -0.2) is 0 Å². The lowest BCUT2D eigenvalue weighted by Gasteiger charge is -2.06. The SMILES string of the molecule is CCCCCCCCCC(=O)NCC(C)Cl. The quantitative estimate of drug-likeness (QED) is 0.461. The molecule has 16 heavy (non-hydrogen) atoms. The van der Waals surface area contributed by atoms with Gasteiger partial charge in [-0.1, -0.05) is 45.4 Å². The van der Waals surface area contributed by atoms with Crippen LogP contribution < -0.4 is 5.32 Å². The first-order valence-electron chi connectivity index (χ1n) is 6.57. The van der Waals surface area contributed by atoms with E-state index >= 15 is 0 Å².